The van der Waals surface area contributed by atoms with E-state index in [1.54, 1.807) is 0 Å². The van der Waals surface area contributed by atoms with Crippen molar-refractivity contribution in [2.45, 2.75) is 51.2 Å². The third-order valence-electron chi connectivity index (χ3n) is 3.14. The van der Waals surface area contributed by atoms with Crippen molar-refractivity contribution >= 4 is 27.7 Å². The monoisotopic (exact) mass is 340 g/mol. The molecule has 0 atom stereocenters. The second-order valence-electron chi connectivity index (χ2n) is 6.47. The normalized spacial score (nSPS) is 16.6. The lowest BCUT2D eigenvalue weighted by molar-refractivity contribution is 0.0635. The average Bonchev–Trinajstić information content (AvgIpc) is 2.98. The fourth-order valence-electron chi connectivity index (χ4n) is 1.95. The number of halogens is 1. The zero-order valence-corrected chi connectivity index (χ0v) is 13.7. The first kappa shape index (κ1) is 15.3. The van der Waals surface area contributed by atoms with E-state index in [4.69, 9.17) is 10.5 Å². The molecule has 1 aliphatic carbocycles. The number of hydrogen-bond acceptors (Lipinski definition) is 3. The first-order chi connectivity index (χ1) is 9.17. The van der Waals surface area contributed by atoms with Crippen molar-refractivity contribution in [2.24, 2.45) is 5.73 Å². The molecule has 0 spiro atoms. The quantitative estimate of drug-likeness (QED) is 0.878. The molecule has 1 fully saturated rings. The molecule has 1 aliphatic rings. The Hall–Kier alpha value is -1.07. The summed E-state index contributed by atoms with van der Waals surface area (Å²) in [5.41, 5.74) is 7.35. The summed E-state index contributed by atoms with van der Waals surface area (Å²) in [6, 6.07) is 5.83. The number of amides is 1. The van der Waals surface area contributed by atoms with Crippen molar-refractivity contribution in [1.82, 2.24) is 0 Å². The Morgan fingerprint density at radius 3 is 2.65 bits per heavy atom. The molecule has 2 rings (SSSR count). The summed E-state index contributed by atoms with van der Waals surface area (Å²) in [6.07, 6.45) is 2.40. The lowest BCUT2D eigenvalue weighted by Crippen LogP contribution is -2.28. The standard InChI is InChI=1S/C15H21BrN2O2/c1-14(2,3)20-13(19)18-12-8-11(16)5-4-10(12)9-15(17)6-7-15/h4-5,8H,6-7,9,17H2,1-3H3,(H,18,19). The summed E-state index contributed by atoms with van der Waals surface area (Å²) in [6.45, 7) is 5.52. The number of benzene rings is 1. The van der Waals surface area contributed by atoms with Crippen molar-refractivity contribution in [3.05, 3.63) is 28.2 Å². The molecule has 0 aromatic heterocycles. The van der Waals surface area contributed by atoms with Gasteiger partial charge in [-0.1, -0.05) is 22.0 Å². The highest BCUT2D eigenvalue weighted by Crippen LogP contribution is 2.37. The van der Waals surface area contributed by atoms with Gasteiger partial charge in [-0.25, -0.2) is 4.79 Å². The van der Waals surface area contributed by atoms with Crippen molar-refractivity contribution < 1.29 is 9.53 Å². The van der Waals surface area contributed by atoms with E-state index in [2.05, 4.69) is 21.2 Å². The summed E-state index contributed by atoms with van der Waals surface area (Å²) in [4.78, 5) is 11.9. The van der Waals surface area contributed by atoms with Gasteiger partial charge in [0.15, 0.2) is 0 Å². The van der Waals surface area contributed by atoms with Gasteiger partial charge in [0.1, 0.15) is 5.60 Å². The van der Waals surface area contributed by atoms with Gasteiger partial charge >= 0.3 is 6.09 Å². The van der Waals surface area contributed by atoms with Crippen LogP contribution in [0.3, 0.4) is 0 Å². The highest BCUT2D eigenvalue weighted by atomic mass is 79.9. The van der Waals surface area contributed by atoms with Crippen LogP contribution in [0.2, 0.25) is 0 Å². The number of ether oxygens (including phenoxy) is 1. The number of anilines is 1. The van der Waals surface area contributed by atoms with Gasteiger partial charge < -0.3 is 10.5 Å². The van der Waals surface area contributed by atoms with Gasteiger partial charge in [-0.3, -0.25) is 5.32 Å². The fourth-order valence-corrected chi connectivity index (χ4v) is 2.31. The molecule has 0 aliphatic heterocycles. The van der Waals surface area contributed by atoms with Crippen LogP contribution in [0.5, 0.6) is 0 Å². The SMILES string of the molecule is CC(C)(C)OC(=O)Nc1cc(Br)ccc1CC1(N)CC1. The number of nitrogens with one attached hydrogen (secondary N) is 1. The van der Waals surface area contributed by atoms with Crippen LogP contribution >= 0.6 is 15.9 Å². The van der Waals surface area contributed by atoms with Gasteiger partial charge in [-0.2, -0.15) is 0 Å². The van der Waals surface area contributed by atoms with E-state index in [9.17, 15) is 4.79 Å². The first-order valence-electron chi connectivity index (χ1n) is 6.74. The molecular weight excluding hydrogens is 320 g/mol. The average molecular weight is 341 g/mol. The number of hydrogen-bond donors (Lipinski definition) is 2. The highest BCUT2D eigenvalue weighted by molar-refractivity contribution is 9.10. The molecule has 0 radical (unpaired) electrons. The molecule has 0 bridgehead atoms. The van der Waals surface area contributed by atoms with E-state index >= 15 is 0 Å². The smallest absolute Gasteiger partial charge is 0.412 e. The summed E-state index contributed by atoms with van der Waals surface area (Å²) in [5.74, 6) is 0. The largest absolute Gasteiger partial charge is 0.444 e. The Morgan fingerprint density at radius 2 is 2.10 bits per heavy atom. The van der Waals surface area contributed by atoms with Gasteiger partial charge in [0.05, 0.1) is 0 Å². The minimum atomic E-state index is -0.512. The second kappa shape index (κ2) is 5.37. The molecule has 110 valence electrons. The van der Waals surface area contributed by atoms with Crippen molar-refractivity contribution in [2.75, 3.05) is 5.32 Å². The van der Waals surface area contributed by atoms with E-state index in [1.165, 1.54) is 0 Å². The molecule has 1 amide bonds. The summed E-state index contributed by atoms with van der Waals surface area (Å²) >= 11 is 3.42. The minimum Gasteiger partial charge on any atom is -0.444 e. The summed E-state index contributed by atoms with van der Waals surface area (Å²) in [7, 11) is 0. The highest BCUT2D eigenvalue weighted by Gasteiger charge is 2.38. The number of carbonyl (C=O) groups is 1. The van der Waals surface area contributed by atoms with Crippen LogP contribution < -0.4 is 11.1 Å². The predicted octanol–water partition coefficient (Wildman–Crippen LogP) is 3.83. The van der Waals surface area contributed by atoms with Crippen LogP contribution in [0.15, 0.2) is 22.7 Å². The van der Waals surface area contributed by atoms with Crippen LogP contribution in [-0.2, 0) is 11.2 Å². The Labute approximate surface area is 128 Å². The van der Waals surface area contributed by atoms with Crippen LogP contribution in [0.25, 0.3) is 0 Å². The molecule has 1 aromatic rings. The number of nitrogens with two attached hydrogens (primary N) is 1. The minimum absolute atomic E-state index is 0.0990. The zero-order chi connectivity index (χ0) is 15.0. The van der Waals surface area contributed by atoms with Crippen LogP contribution in [-0.4, -0.2) is 17.2 Å². The molecule has 0 unspecified atom stereocenters. The van der Waals surface area contributed by atoms with E-state index in [1.807, 2.05) is 39.0 Å². The van der Waals surface area contributed by atoms with E-state index < -0.39 is 11.7 Å². The maximum Gasteiger partial charge on any atom is 0.412 e. The van der Waals surface area contributed by atoms with Crippen LogP contribution in [0.4, 0.5) is 10.5 Å². The van der Waals surface area contributed by atoms with Crippen LogP contribution in [0.1, 0.15) is 39.2 Å². The Bertz CT molecular complexity index is 519. The molecule has 4 nitrogen and oxygen atoms in total. The Morgan fingerprint density at radius 1 is 1.45 bits per heavy atom. The molecular formula is C15H21BrN2O2. The Kier molecular flexibility index (Phi) is 4.12. The molecule has 1 saturated carbocycles. The number of carbonyl (C=O) groups excluding carboxylic acids is 1. The van der Waals surface area contributed by atoms with Crippen LogP contribution in [0, 0.1) is 0 Å². The van der Waals surface area contributed by atoms with Gasteiger partial charge in [0, 0.05) is 15.7 Å². The van der Waals surface area contributed by atoms with E-state index in [-0.39, 0.29) is 5.54 Å². The van der Waals surface area contributed by atoms with Crippen molar-refractivity contribution in [3.63, 3.8) is 0 Å². The molecule has 5 heteroatoms. The lowest BCUT2D eigenvalue weighted by Gasteiger charge is -2.21. The zero-order valence-electron chi connectivity index (χ0n) is 12.1. The van der Waals surface area contributed by atoms with Crippen molar-refractivity contribution in [3.8, 4) is 0 Å². The van der Waals surface area contributed by atoms with E-state index in [0.717, 1.165) is 35.0 Å². The maximum absolute atomic E-state index is 11.9. The van der Waals surface area contributed by atoms with Gasteiger partial charge in [0.25, 0.3) is 0 Å². The van der Waals surface area contributed by atoms with E-state index in [0.29, 0.717) is 0 Å². The molecule has 3 N–H and O–H groups in total. The van der Waals surface area contributed by atoms with Gasteiger partial charge in [-0.05, 0) is 57.7 Å². The molecule has 0 heterocycles. The molecule has 0 saturated heterocycles. The molecule has 20 heavy (non-hydrogen) atoms. The topological polar surface area (TPSA) is 64.3 Å². The summed E-state index contributed by atoms with van der Waals surface area (Å²) in [5, 5.41) is 2.81. The van der Waals surface area contributed by atoms with Gasteiger partial charge in [-0.15, -0.1) is 0 Å². The van der Waals surface area contributed by atoms with Crippen molar-refractivity contribution in [1.29, 1.82) is 0 Å². The second-order valence-corrected chi connectivity index (χ2v) is 7.38. The predicted molar refractivity (Wildman–Crippen MR) is 83.9 cm³/mol. The summed E-state index contributed by atoms with van der Waals surface area (Å²) < 4.78 is 6.20. The lowest BCUT2D eigenvalue weighted by atomic mass is 10.0. The maximum atomic E-state index is 11.9. The third-order valence-corrected chi connectivity index (χ3v) is 3.64. The fraction of sp³-hybridized carbons (Fsp3) is 0.533. The Balaban J connectivity index is 2.12. The number of rotatable bonds is 3. The van der Waals surface area contributed by atoms with Gasteiger partial charge in [0.2, 0.25) is 0 Å². The first-order valence-corrected chi connectivity index (χ1v) is 7.54. The molecule has 1 aromatic carbocycles. The third kappa shape index (κ3) is 4.49.